The van der Waals surface area contributed by atoms with E-state index in [1.807, 2.05) is 6.92 Å². The number of nitrogens with two attached hydrogens (primary N) is 1. The van der Waals surface area contributed by atoms with Crippen molar-refractivity contribution in [1.82, 2.24) is 20.9 Å². The Hall–Kier alpha value is -3.76. The highest BCUT2D eigenvalue weighted by atomic mass is 32.2. The first-order valence-electron chi connectivity index (χ1n) is 14.4. The standard InChI is InChI=1S/C29H35N7O6S2/c1-3-42-26(38)15-34-25(37)13-21-16-36(9-8-32-21,29(39)28-35-23-10-17(2)33-14-24(23)43-28)44(40,41)22-7-6-18-4-5-19(27(30)31)11-20(18)12-22/h4-7,11-12,17,21,32-33H,3,8-10,13-16H2,1-2H3,(H3-,30,31,34,37)/p+1. The summed E-state index contributed by atoms with van der Waals surface area (Å²) < 4.78 is 33.2. The number of amides is 2. The topological polar surface area (TPSA) is 193 Å². The molecular weight excluding hydrogens is 606 g/mol. The van der Waals surface area contributed by atoms with Gasteiger partial charge < -0.3 is 26.4 Å². The molecule has 3 unspecified atom stereocenters. The SMILES string of the molecule is CCOC(=O)CNC(=O)CC1C[N+](C(=O)c2nc3c(s2)CNC(C)C3)(S(=O)(=O)c2ccc3ccc(C(=N)N)cc3c2)CCN1. The Kier molecular flexibility index (Phi) is 9.13. The second-order valence-electron chi connectivity index (χ2n) is 11.0. The Balaban J connectivity index is 1.53. The lowest BCUT2D eigenvalue weighted by atomic mass is 10.1. The molecule has 2 amide bonds. The average molecular weight is 643 g/mol. The molecule has 0 radical (unpaired) electrons. The molecule has 1 saturated heterocycles. The number of sulfonamides is 1. The lowest BCUT2D eigenvalue weighted by molar-refractivity contribution is -0.727. The number of hydrogen-bond acceptors (Lipinski definition) is 11. The van der Waals surface area contributed by atoms with Gasteiger partial charge in [-0.2, -0.15) is 8.42 Å². The summed E-state index contributed by atoms with van der Waals surface area (Å²) in [6, 6.07) is 9.18. The number of thiazole rings is 1. The van der Waals surface area contributed by atoms with E-state index in [9.17, 15) is 22.8 Å². The fourth-order valence-electron chi connectivity index (χ4n) is 5.62. The van der Waals surface area contributed by atoms with Crippen molar-refractivity contribution in [1.29, 1.82) is 5.41 Å². The van der Waals surface area contributed by atoms with E-state index in [4.69, 9.17) is 15.9 Å². The highest BCUT2D eigenvalue weighted by Crippen LogP contribution is 2.34. The van der Waals surface area contributed by atoms with Crippen LogP contribution in [0.25, 0.3) is 10.8 Å². The minimum Gasteiger partial charge on any atom is -0.465 e. The quantitative estimate of drug-likeness (QED) is 0.0973. The number of piperazine rings is 1. The predicted molar refractivity (Wildman–Crippen MR) is 165 cm³/mol. The average Bonchev–Trinajstić information content (AvgIpc) is 3.42. The molecule has 5 rings (SSSR count). The molecule has 2 aliphatic heterocycles. The van der Waals surface area contributed by atoms with Crippen molar-refractivity contribution in [3.63, 3.8) is 0 Å². The molecule has 1 fully saturated rings. The molecule has 13 nitrogen and oxygen atoms in total. The number of amidine groups is 1. The number of benzene rings is 2. The Morgan fingerprint density at radius 1 is 1.18 bits per heavy atom. The summed E-state index contributed by atoms with van der Waals surface area (Å²) in [6.45, 7) is 3.94. The first-order chi connectivity index (χ1) is 20.9. The molecule has 44 heavy (non-hydrogen) atoms. The van der Waals surface area contributed by atoms with E-state index in [1.54, 1.807) is 31.2 Å². The van der Waals surface area contributed by atoms with Gasteiger partial charge in [-0.25, -0.2) is 9.78 Å². The van der Waals surface area contributed by atoms with Gasteiger partial charge in [0, 0.05) is 42.4 Å². The maximum Gasteiger partial charge on any atom is 0.390 e. The van der Waals surface area contributed by atoms with Crippen LogP contribution in [-0.2, 0) is 37.3 Å². The van der Waals surface area contributed by atoms with Gasteiger partial charge >= 0.3 is 21.9 Å². The van der Waals surface area contributed by atoms with Gasteiger partial charge in [-0.1, -0.05) is 18.2 Å². The van der Waals surface area contributed by atoms with E-state index < -0.39 is 37.7 Å². The molecule has 0 bridgehead atoms. The minimum absolute atomic E-state index is 0.0666. The minimum atomic E-state index is -4.40. The number of quaternary nitrogens is 1. The van der Waals surface area contributed by atoms with E-state index in [1.165, 1.54) is 23.5 Å². The second kappa shape index (κ2) is 12.7. The number of esters is 1. The van der Waals surface area contributed by atoms with E-state index in [0.29, 0.717) is 23.9 Å². The molecule has 0 saturated carbocycles. The van der Waals surface area contributed by atoms with Crippen molar-refractivity contribution in [3.8, 4) is 0 Å². The van der Waals surface area contributed by atoms with Gasteiger partial charge in [-0.15, -0.1) is 15.2 Å². The van der Waals surface area contributed by atoms with Gasteiger partial charge in [-0.3, -0.25) is 15.0 Å². The zero-order chi connectivity index (χ0) is 31.6. The van der Waals surface area contributed by atoms with Crippen molar-refractivity contribution in [2.75, 3.05) is 32.8 Å². The lowest BCUT2D eigenvalue weighted by Crippen LogP contribution is -2.67. The number of hydrogen-bond donors (Lipinski definition) is 5. The van der Waals surface area contributed by atoms with Crippen LogP contribution in [0, 0.1) is 5.41 Å². The van der Waals surface area contributed by atoms with Crippen LogP contribution in [0.4, 0.5) is 0 Å². The molecular formula is C29H36N7O6S2+. The van der Waals surface area contributed by atoms with E-state index >= 15 is 0 Å². The highest BCUT2D eigenvalue weighted by Gasteiger charge is 2.55. The molecule has 15 heteroatoms. The monoisotopic (exact) mass is 642 g/mol. The maximum absolute atomic E-state index is 14.7. The summed E-state index contributed by atoms with van der Waals surface area (Å²) in [5.41, 5.74) is 6.90. The first kappa shape index (κ1) is 31.7. The number of nitrogens with zero attached hydrogens (tertiary/aromatic N) is 2. The molecule has 1 aromatic heterocycles. The normalized spacial score (nSPS) is 21.8. The van der Waals surface area contributed by atoms with Crippen LogP contribution in [-0.4, -0.2) is 85.8 Å². The van der Waals surface area contributed by atoms with Gasteiger partial charge in [0.05, 0.1) is 18.3 Å². The Bertz CT molecular complexity index is 1740. The van der Waals surface area contributed by atoms with Crippen LogP contribution in [0.2, 0.25) is 0 Å². The molecule has 3 atom stereocenters. The zero-order valence-electron chi connectivity index (χ0n) is 24.5. The number of aromatic nitrogens is 1. The largest absolute Gasteiger partial charge is 0.465 e. The Labute approximate surface area is 259 Å². The van der Waals surface area contributed by atoms with Crippen molar-refractivity contribution in [2.45, 2.75) is 50.2 Å². The summed E-state index contributed by atoms with van der Waals surface area (Å²) >= 11 is 1.20. The molecule has 0 spiro atoms. The van der Waals surface area contributed by atoms with Crippen molar-refractivity contribution < 1.29 is 31.4 Å². The molecule has 2 aromatic carbocycles. The van der Waals surface area contributed by atoms with E-state index in [-0.39, 0.29) is 61.0 Å². The van der Waals surface area contributed by atoms with Crippen LogP contribution >= 0.6 is 11.3 Å². The summed E-state index contributed by atoms with van der Waals surface area (Å²) in [4.78, 5) is 44.4. The van der Waals surface area contributed by atoms with Crippen LogP contribution in [0.3, 0.4) is 0 Å². The molecule has 0 aliphatic carbocycles. The third kappa shape index (κ3) is 6.23. The van der Waals surface area contributed by atoms with Crippen LogP contribution < -0.4 is 21.7 Å². The lowest BCUT2D eigenvalue weighted by Gasteiger charge is -2.40. The third-order valence-electron chi connectivity index (χ3n) is 7.91. The number of ether oxygens (including phenoxy) is 1. The fraction of sp³-hybridized carbons (Fsp3) is 0.414. The van der Waals surface area contributed by atoms with Crippen molar-refractivity contribution in [2.24, 2.45) is 5.73 Å². The van der Waals surface area contributed by atoms with E-state index in [0.717, 1.165) is 16.0 Å². The molecule has 3 heterocycles. The number of fused-ring (bicyclic) bond motifs is 2. The third-order valence-corrected chi connectivity index (χ3v) is 11.3. The first-order valence-corrected chi connectivity index (χ1v) is 16.6. The van der Waals surface area contributed by atoms with Gasteiger partial charge in [-0.05, 0) is 42.8 Å². The Morgan fingerprint density at radius 3 is 2.70 bits per heavy atom. The predicted octanol–water partition coefficient (Wildman–Crippen LogP) is 1.00. The van der Waals surface area contributed by atoms with Gasteiger partial charge in [0.15, 0.2) is 0 Å². The highest BCUT2D eigenvalue weighted by molar-refractivity contribution is 7.86. The van der Waals surface area contributed by atoms with Gasteiger partial charge in [0.25, 0.3) is 0 Å². The second-order valence-corrected chi connectivity index (χ2v) is 14.2. The number of carbonyl (C=O) groups excluding carboxylic acids is 3. The maximum atomic E-state index is 14.7. The van der Waals surface area contributed by atoms with Crippen molar-refractivity contribution >= 4 is 55.8 Å². The van der Waals surface area contributed by atoms with Crippen molar-refractivity contribution in [3.05, 3.63) is 57.5 Å². The fourth-order valence-corrected chi connectivity index (χ4v) is 8.66. The smallest absolute Gasteiger partial charge is 0.390 e. The number of rotatable bonds is 9. The zero-order valence-corrected chi connectivity index (χ0v) is 26.1. The van der Waals surface area contributed by atoms with Gasteiger partial charge in [0.1, 0.15) is 30.4 Å². The van der Waals surface area contributed by atoms with Gasteiger partial charge in [0.2, 0.25) is 10.9 Å². The summed E-state index contributed by atoms with van der Waals surface area (Å²) in [5, 5.41) is 18.2. The molecule has 3 aromatic rings. The Morgan fingerprint density at radius 2 is 1.95 bits per heavy atom. The summed E-state index contributed by atoms with van der Waals surface area (Å²) in [5.74, 6) is -1.86. The number of carbonyl (C=O) groups is 3. The number of nitrogens with one attached hydrogen (secondary N) is 4. The molecule has 234 valence electrons. The van der Waals surface area contributed by atoms with Crippen LogP contribution in [0.5, 0.6) is 0 Å². The molecule has 2 aliphatic rings. The summed E-state index contributed by atoms with van der Waals surface area (Å²) in [6.07, 6.45) is 0.470. The summed E-state index contributed by atoms with van der Waals surface area (Å²) in [7, 11) is -4.40. The van der Waals surface area contributed by atoms with Crippen LogP contribution in [0.15, 0.2) is 41.3 Å². The molecule has 6 N–H and O–H groups in total. The van der Waals surface area contributed by atoms with E-state index in [2.05, 4.69) is 20.9 Å². The number of nitrogen functional groups attached to an aromatic ring is 1. The van der Waals surface area contributed by atoms with Crippen LogP contribution in [0.1, 0.15) is 46.2 Å².